The van der Waals surface area contributed by atoms with Gasteiger partial charge in [0.1, 0.15) is 0 Å². The van der Waals surface area contributed by atoms with Crippen molar-refractivity contribution in [1.82, 2.24) is 4.90 Å². The molecule has 2 heterocycles. The summed E-state index contributed by atoms with van der Waals surface area (Å²) in [6.45, 7) is 0.564. The van der Waals surface area contributed by atoms with Crippen molar-refractivity contribution in [3.63, 3.8) is 0 Å². The number of hydrogen-bond acceptors (Lipinski definition) is 6. The number of sulfone groups is 1. The monoisotopic (exact) mass is 471 g/mol. The Labute approximate surface area is 192 Å². The van der Waals surface area contributed by atoms with Crippen molar-refractivity contribution >= 4 is 27.1 Å². The molecule has 3 aromatic rings. The van der Waals surface area contributed by atoms with Gasteiger partial charge in [0.2, 0.25) is 0 Å². The largest absolute Gasteiger partial charge is 0.493 e. The number of rotatable bonds is 6. The molecule has 0 radical (unpaired) electrons. The number of fused-ring (bicyclic) bond motifs is 1. The quantitative estimate of drug-likeness (QED) is 0.541. The summed E-state index contributed by atoms with van der Waals surface area (Å²) in [6.07, 6.45) is 1.90. The van der Waals surface area contributed by atoms with E-state index in [2.05, 4.69) is 0 Å². The maximum Gasteiger partial charge on any atom is 0.254 e. The van der Waals surface area contributed by atoms with Crippen LogP contribution in [-0.4, -0.2) is 46.2 Å². The number of nitrogens with zero attached hydrogens (tertiary/aromatic N) is 1. The van der Waals surface area contributed by atoms with Crippen LogP contribution in [0.1, 0.15) is 38.0 Å². The smallest absolute Gasteiger partial charge is 0.254 e. The van der Waals surface area contributed by atoms with Crippen molar-refractivity contribution in [3.8, 4) is 11.5 Å². The summed E-state index contributed by atoms with van der Waals surface area (Å²) in [6, 6.07) is 14.6. The fourth-order valence-corrected chi connectivity index (χ4v) is 5.78. The van der Waals surface area contributed by atoms with E-state index in [1.54, 1.807) is 49.8 Å². The van der Waals surface area contributed by atoms with Crippen LogP contribution in [0.2, 0.25) is 0 Å². The first-order valence-corrected chi connectivity index (χ1v) is 13.1. The Morgan fingerprint density at radius 2 is 1.78 bits per heavy atom. The molecule has 32 heavy (non-hydrogen) atoms. The van der Waals surface area contributed by atoms with Gasteiger partial charge in [-0.25, -0.2) is 8.42 Å². The molecule has 1 aromatic heterocycles. The average Bonchev–Trinajstić information content (AvgIpc) is 3.30. The number of ether oxygens (including phenoxy) is 2. The summed E-state index contributed by atoms with van der Waals surface area (Å²) >= 11 is 1.61. The first kappa shape index (κ1) is 22.4. The minimum atomic E-state index is -3.13. The van der Waals surface area contributed by atoms with Crippen molar-refractivity contribution < 1.29 is 22.7 Å². The van der Waals surface area contributed by atoms with Crippen LogP contribution in [0, 0.1) is 0 Å². The molecule has 1 unspecified atom stereocenters. The van der Waals surface area contributed by atoms with Crippen LogP contribution in [0.25, 0.3) is 0 Å². The molecule has 4 rings (SSSR count). The van der Waals surface area contributed by atoms with Crippen molar-refractivity contribution in [3.05, 3.63) is 81.0 Å². The zero-order valence-corrected chi connectivity index (χ0v) is 19.8. The predicted molar refractivity (Wildman–Crippen MR) is 125 cm³/mol. The minimum Gasteiger partial charge on any atom is -0.493 e. The van der Waals surface area contributed by atoms with E-state index >= 15 is 0 Å². The molecule has 168 valence electrons. The summed E-state index contributed by atoms with van der Waals surface area (Å²) < 4.78 is 34.1. The Morgan fingerprint density at radius 3 is 2.38 bits per heavy atom. The van der Waals surface area contributed by atoms with E-state index in [0.717, 1.165) is 16.0 Å². The first-order chi connectivity index (χ1) is 15.3. The van der Waals surface area contributed by atoms with Gasteiger partial charge >= 0.3 is 0 Å². The molecule has 1 aliphatic heterocycles. The lowest BCUT2D eigenvalue weighted by Crippen LogP contribution is -2.40. The highest BCUT2D eigenvalue weighted by Crippen LogP contribution is 2.42. The van der Waals surface area contributed by atoms with E-state index in [-0.39, 0.29) is 17.7 Å². The van der Waals surface area contributed by atoms with E-state index in [4.69, 9.17) is 9.47 Å². The topological polar surface area (TPSA) is 72.9 Å². The second-order valence-corrected chi connectivity index (χ2v) is 11.0. The van der Waals surface area contributed by atoms with Gasteiger partial charge < -0.3 is 14.4 Å². The van der Waals surface area contributed by atoms with E-state index < -0.39 is 9.84 Å². The highest BCUT2D eigenvalue weighted by Gasteiger charge is 2.34. The molecule has 0 fully saturated rings. The maximum atomic E-state index is 13.5. The lowest BCUT2D eigenvalue weighted by molar-refractivity contribution is 0.0697. The van der Waals surface area contributed by atoms with Crippen LogP contribution in [0.3, 0.4) is 0 Å². The standard InChI is InChI=1S/C24H25NO5S2/c1-29-20-13-18-10-11-25(23(22-5-4-12-31-22)19(18)14-21(20)30-2)24(26)17-8-6-16(7-9-17)15-32(3,27)28/h4-9,12-14,23H,10-11,15H2,1-3H3. The van der Waals surface area contributed by atoms with Gasteiger partial charge in [-0.05, 0) is 58.8 Å². The van der Waals surface area contributed by atoms with E-state index in [9.17, 15) is 13.2 Å². The van der Waals surface area contributed by atoms with Crippen molar-refractivity contribution in [2.24, 2.45) is 0 Å². The Kier molecular flexibility index (Phi) is 6.26. The minimum absolute atomic E-state index is 0.0436. The molecule has 2 aromatic carbocycles. The molecule has 0 N–H and O–H groups in total. The highest BCUT2D eigenvalue weighted by atomic mass is 32.2. The van der Waals surface area contributed by atoms with E-state index in [1.807, 2.05) is 34.5 Å². The number of methoxy groups -OCH3 is 2. The SMILES string of the molecule is COc1cc2c(cc1OC)C(c1cccs1)N(C(=O)c1ccc(CS(C)(=O)=O)cc1)CC2. The Morgan fingerprint density at radius 1 is 1.09 bits per heavy atom. The average molecular weight is 472 g/mol. The first-order valence-electron chi connectivity index (χ1n) is 10.2. The molecule has 0 bridgehead atoms. The van der Waals surface area contributed by atoms with Crippen molar-refractivity contribution in [2.75, 3.05) is 27.0 Å². The Balaban J connectivity index is 1.72. The summed E-state index contributed by atoms with van der Waals surface area (Å²) in [7, 11) is 0.0924. The fraction of sp³-hybridized carbons (Fsp3) is 0.292. The number of hydrogen-bond donors (Lipinski definition) is 0. The van der Waals surface area contributed by atoms with Crippen LogP contribution in [0.15, 0.2) is 53.9 Å². The van der Waals surface area contributed by atoms with Gasteiger partial charge in [-0.1, -0.05) is 18.2 Å². The second-order valence-electron chi connectivity index (χ2n) is 7.84. The summed E-state index contributed by atoms with van der Waals surface area (Å²) in [4.78, 5) is 16.5. The van der Waals surface area contributed by atoms with Gasteiger partial charge in [-0.2, -0.15) is 0 Å². The third-order valence-electron chi connectivity index (χ3n) is 5.58. The molecular formula is C24H25NO5S2. The van der Waals surface area contributed by atoms with Gasteiger partial charge in [0, 0.05) is 23.2 Å². The third-order valence-corrected chi connectivity index (χ3v) is 7.36. The molecule has 1 aliphatic rings. The Hall–Kier alpha value is -2.84. The van der Waals surface area contributed by atoms with E-state index in [0.29, 0.717) is 35.6 Å². The molecule has 0 saturated heterocycles. The molecule has 8 heteroatoms. The lowest BCUT2D eigenvalue weighted by Gasteiger charge is -2.37. The molecule has 0 spiro atoms. The Bertz CT molecular complexity index is 1220. The number of amides is 1. The molecule has 1 atom stereocenters. The third kappa shape index (κ3) is 4.52. The van der Waals surface area contributed by atoms with Gasteiger partial charge in [-0.15, -0.1) is 11.3 Å². The lowest BCUT2D eigenvalue weighted by atomic mass is 9.90. The molecule has 6 nitrogen and oxygen atoms in total. The summed E-state index contributed by atoms with van der Waals surface area (Å²) in [5.41, 5.74) is 3.36. The van der Waals surface area contributed by atoms with Crippen molar-refractivity contribution in [2.45, 2.75) is 18.2 Å². The fourth-order valence-electron chi connectivity index (χ4n) is 4.13. The molecular weight excluding hydrogens is 446 g/mol. The number of carbonyl (C=O) groups is 1. The van der Waals surface area contributed by atoms with E-state index in [1.165, 1.54) is 6.26 Å². The van der Waals surface area contributed by atoms with Crippen LogP contribution < -0.4 is 9.47 Å². The van der Waals surface area contributed by atoms with Crippen LogP contribution >= 0.6 is 11.3 Å². The second kappa shape index (κ2) is 8.96. The predicted octanol–water partition coefficient (Wildman–Crippen LogP) is 4.10. The normalized spacial score (nSPS) is 15.8. The zero-order chi connectivity index (χ0) is 22.9. The summed E-state index contributed by atoms with van der Waals surface area (Å²) in [5.74, 6) is 1.18. The summed E-state index contributed by atoms with van der Waals surface area (Å²) in [5, 5.41) is 2.01. The van der Waals surface area contributed by atoms with Crippen LogP contribution in [0.5, 0.6) is 11.5 Å². The number of carbonyl (C=O) groups excluding carboxylic acids is 1. The van der Waals surface area contributed by atoms with Crippen molar-refractivity contribution in [1.29, 1.82) is 0 Å². The van der Waals surface area contributed by atoms with Gasteiger partial charge in [0.25, 0.3) is 5.91 Å². The molecule has 0 saturated carbocycles. The highest BCUT2D eigenvalue weighted by molar-refractivity contribution is 7.89. The number of benzene rings is 2. The number of thiophene rings is 1. The molecule has 1 amide bonds. The maximum absolute atomic E-state index is 13.5. The van der Waals surface area contributed by atoms with Gasteiger partial charge in [0.05, 0.1) is 26.0 Å². The van der Waals surface area contributed by atoms with Crippen LogP contribution in [0.4, 0.5) is 0 Å². The molecule has 0 aliphatic carbocycles. The zero-order valence-electron chi connectivity index (χ0n) is 18.2. The van der Waals surface area contributed by atoms with Gasteiger partial charge in [-0.3, -0.25) is 4.79 Å². The van der Waals surface area contributed by atoms with Crippen LogP contribution in [-0.2, 0) is 22.0 Å². The van der Waals surface area contributed by atoms with Gasteiger partial charge in [0.15, 0.2) is 21.3 Å².